The molecule has 2 aromatic heterocycles. The summed E-state index contributed by atoms with van der Waals surface area (Å²) in [6.07, 6.45) is 19.0. The summed E-state index contributed by atoms with van der Waals surface area (Å²) in [7, 11) is -3.82. The van der Waals surface area contributed by atoms with Gasteiger partial charge < -0.3 is 14.4 Å². The predicted octanol–water partition coefficient (Wildman–Crippen LogP) is 9.42. The summed E-state index contributed by atoms with van der Waals surface area (Å²) in [5, 5.41) is 10.6. The Hall–Kier alpha value is -1.41. The average Bonchev–Trinajstić information content (AvgIpc) is 3.54. The van der Waals surface area contributed by atoms with Crippen LogP contribution in [0.4, 0.5) is 0 Å². The molecule has 1 amide bonds. The lowest BCUT2D eigenvalue weighted by Gasteiger charge is -2.62. The molecule has 0 aromatic carbocycles. The molecule has 1 aliphatic heterocycles. The van der Waals surface area contributed by atoms with Crippen LogP contribution in [0.5, 0.6) is 0 Å². The molecule has 2 aliphatic rings. The molecule has 4 rings (SSSR count). The van der Waals surface area contributed by atoms with Gasteiger partial charge >= 0.3 is 7.60 Å². The van der Waals surface area contributed by atoms with E-state index in [-0.39, 0.29) is 11.8 Å². The number of amides is 1. The van der Waals surface area contributed by atoms with Crippen LogP contribution in [0.3, 0.4) is 0 Å². The van der Waals surface area contributed by atoms with Crippen molar-refractivity contribution in [2.45, 2.75) is 166 Å². The quantitative estimate of drug-likeness (QED) is 0.0789. The molecule has 0 radical (unpaired) electrons. The molecular weight excluding hydrogens is 597 g/mol. The molecule has 1 saturated carbocycles. The number of hydrogen-bond acceptors (Lipinski definition) is 6. The third-order valence-electron chi connectivity index (χ3n) is 9.94. The number of β-lactam (4-membered cyclic amide) rings is 1. The first-order chi connectivity index (χ1) is 21.3. The maximum Gasteiger partial charge on any atom is 0.348 e. The van der Waals surface area contributed by atoms with Gasteiger partial charge in [-0.1, -0.05) is 116 Å². The topological polar surface area (TPSA) is 111 Å². The number of nitrogens with one attached hydrogen (secondary N) is 2. The first-order valence-electron chi connectivity index (χ1n) is 17.6. The number of H-pyrrole nitrogens is 1. The largest absolute Gasteiger partial charge is 0.348 e. The van der Waals surface area contributed by atoms with Crippen LogP contribution in [0.25, 0.3) is 5.65 Å². The van der Waals surface area contributed by atoms with Crippen LogP contribution in [0.1, 0.15) is 160 Å². The minimum atomic E-state index is -3.82. The van der Waals surface area contributed by atoms with Crippen molar-refractivity contribution >= 4 is 30.8 Å². The fraction of sp³-hybridized carbons (Fsp3) is 0.848. The molecule has 0 bridgehead atoms. The second kappa shape index (κ2) is 16.4. The predicted molar refractivity (Wildman–Crippen MR) is 178 cm³/mol. The molecule has 9 nitrogen and oxygen atoms in total. The van der Waals surface area contributed by atoms with Crippen LogP contribution in [-0.4, -0.2) is 49.6 Å². The van der Waals surface area contributed by atoms with Crippen molar-refractivity contribution in [2.75, 3.05) is 13.2 Å². The highest BCUT2D eigenvalue weighted by Crippen LogP contribution is 2.72. The van der Waals surface area contributed by atoms with Gasteiger partial charge in [-0.2, -0.15) is 4.63 Å². The van der Waals surface area contributed by atoms with Crippen LogP contribution in [-0.2, 0) is 18.4 Å². The Morgan fingerprint density at radius 2 is 1.52 bits per heavy atom. The van der Waals surface area contributed by atoms with E-state index in [1.54, 1.807) is 4.63 Å². The van der Waals surface area contributed by atoms with Gasteiger partial charge in [-0.15, -0.1) is 5.10 Å². The monoisotopic (exact) mass is 653 g/mol. The third-order valence-corrected chi connectivity index (χ3v) is 13.2. The van der Waals surface area contributed by atoms with Gasteiger partial charge in [0.25, 0.3) is 0 Å². The fourth-order valence-corrected chi connectivity index (χ4v) is 10.3. The SMILES string of the molecule is CCCCCCCCCCCCC1(P(=O)(OCCCC)OCCCC)C(=O)NC12CCCC(c1nc3c(Cl)c(C)[nH]n3n1)C2. The number of halogens is 1. The van der Waals surface area contributed by atoms with E-state index in [4.69, 9.17) is 30.7 Å². The van der Waals surface area contributed by atoms with Crippen LogP contribution in [0.2, 0.25) is 5.02 Å². The molecule has 1 spiro atoms. The molecule has 1 aliphatic carbocycles. The lowest BCUT2D eigenvalue weighted by molar-refractivity contribution is -0.143. The van der Waals surface area contributed by atoms with Gasteiger partial charge in [0.05, 0.1) is 24.4 Å². The minimum Gasteiger partial charge on any atom is -0.348 e. The van der Waals surface area contributed by atoms with E-state index in [1.807, 2.05) is 6.92 Å². The zero-order valence-corrected chi connectivity index (χ0v) is 29.4. The summed E-state index contributed by atoms with van der Waals surface area (Å²) in [6.45, 7) is 8.98. The second-order valence-corrected chi connectivity index (χ2v) is 15.9. The second-order valence-electron chi connectivity index (χ2n) is 13.2. The highest BCUT2D eigenvalue weighted by atomic mass is 35.5. The number of fused-ring (bicyclic) bond motifs is 1. The number of aromatic amines is 1. The number of aromatic nitrogens is 4. The molecular formula is C33H57ClN5O4P. The first-order valence-corrected chi connectivity index (χ1v) is 19.5. The normalized spacial score (nSPS) is 23.8. The summed E-state index contributed by atoms with van der Waals surface area (Å²) < 4.78 is 29.3. The fourth-order valence-electron chi connectivity index (χ4n) is 7.32. The molecule has 44 heavy (non-hydrogen) atoms. The van der Waals surface area contributed by atoms with Gasteiger partial charge in [0.1, 0.15) is 5.02 Å². The Labute approximate surface area is 269 Å². The third kappa shape index (κ3) is 7.42. The number of carbonyl (C=O) groups excluding carboxylic acids is 1. The zero-order valence-electron chi connectivity index (χ0n) is 27.7. The summed E-state index contributed by atoms with van der Waals surface area (Å²) in [6, 6.07) is 0. The summed E-state index contributed by atoms with van der Waals surface area (Å²) >= 11 is 6.48. The first kappa shape index (κ1) is 35.4. The standard InChI is InChI=1S/C33H57ClN5O4P/c1-5-8-11-12-13-14-15-16-17-18-22-33(44(41,42-23-9-6-2)43-24-10-7-3)31(40)36-32(33)21-19-20-27(25-32)29-35-30-28(34)26(4)37-39(30)38-29/h27,37H,5-25H2,1-4H3,(H,36,40). The molecule has 1 saturated heterocycles. The number of carbonyl (C=O) groups is 1. The lowest BCUT2D eigenvalue weighted by atomic mass is 9.61. The van der Waals surface area contributed by atoms with Crippen molar-refractivity contribution in [1.29, 1.82) is 0 Å². The molecule has 2 aromatic rings. The van der Waals surface area contributed by atoms with Crippen molar-refractivity contribution in [3.05, 3.63) is 16.5 Å². The Bertz CT molecular complexity index is 1240. The number of aryl methyl sites for hydroxylation is 1. The van der Waals surface area contributed by atoms with Crippen molar-refractivity contribution in [3.63, 3.8) is 0 Å². The number of rotatable bonds is 21. The number of nitrogens with zero attached hydrogens (tertiary/aromatic N) is 3. The molecule has 3 unspecified atom stereocenters. The van der Waals surface area contributed by atoms with E-state index in [2.05, 4.69) is 31.2 Å². The van der Waals surface area contributed by atoms with Gasteiger partial charge in [0.15, 0.2) is 16.6 Å². The molecule has 2 fully saturated rings. The summed E-state index contributed by atoms with van der Waals surface area (Å²) in [5.74, 6) is 0.537. The van der Waals surface area contributed by atoms with Crippen LogP contribution < -0.4 is 5.32 Å². The average molecular weight is 654 g/mol. The zero-order chi connectivity index (χ0) is 31.6. The number of unbranched alkanes of at least 4 members (excludes halogenated alkanes) is 11. The maximum absolute atomic E-state index is 15.1. The highest BCUT2D eigenvalue weighted by Gasteiger charge is 2.76. The minimum absolute atomic E-state index is 0.000777. The van der Waals surface area contributed by atoms with Crippen LogP contribution >= 0.6 is 19.2 Å². The van der Waals surface area contributed by atoms with Gasteiger partial charge in [-0.3, -0.25) is 14.5 Å². The van der Waals surface area contributed by atoms with Crippen LogP contribution in [0, 0.1) is 6.92 Å². The molecule has 2 N–H and O–H groups in total. The van der Waals surface area contributed by atoms with Crippen molar-refractivity contribution in [2.24, 2.45) is 0 Å². The maximum atomic E-state index is 15.1. The number of hydrogen-bond donors (Lipinski definition) is 2. The Balaban J connectivity index is 1.55. The molecule has 3 heterocycles. The molecule has 3 atom stereocenters. The molecule has 11 heteroatoms. The Kier molecular flexibility index (Phi) is 13.2. The van der Waals surface area contributed by atoms with Gasteiger partial charge in [-0.25, -0.2) is 4.98 Å². The highest BCUT2D eigenvalue weighted by molar-refractivity contribution is 7.57. The van der Waals surface area contributed by atoms with E-state index >= 15 is 4.57 Å². The Morgan fingerprint density at radius 1 is 0.932 bits per heavy atom. The van der Waals surface area contributed by atoms with Crippen LogP contribution in [0.15, 0.2) is 0 Å². The Morgan fingerprint density at radius 3 is 2.09 bits per heavy atom. The molecule has 250 valence electrons. The van der Waals surface area contributed by atoms with Gasteiger partial charge in [0.2, 0.25) is 5.91 Å². The van der Waals surface area contributed by atoms with Crippen molar-refractivity contribution in [1.82, 2.24) is 25.1 Å². The summed E-state index contributed by atoms with van der Waals surface area (Å²) in [4.78, 5) is 18.8. The summed E-state index contributed by atoms with van der Waals surface area (Å²) in [5.41, 5.74) is 0.757. The van der Waals surface area contributed by atoms with Crippen molar-refractivity contribution < 1.29 is 18.4 Å². The van der Waals surface area contributed by atoms with E-state index in [1.165, 1.54) is 44.9 Å². The van der Waals surface area contributed by atoms with E-state index < -0.39 is 18.3 Å². The van der Waals surface area contributed by atoms with E-state index in [0.29, 0.717) is 42.5 Å². The van der Waals surface area contributed by atoms with Gasteiger partial charge in [-0.05, 0) is 45.4 Å². The van der Waals surface area contributed by atoms with Gasteiger partial charge in [0, 0.05) is 5.92 Å². The van der Waals surface area contributed by atoms with E-state index in [0.717, 1.165) is 69.9 Å². The smallest absolute Gasteiger partial charge is 0.348 e. The van der Waals surface area contributed by atoms with Crippen molar-refractivity contribution in [3.8, 4) is 0 Å². The van der Waals surface area contributed by atoms with E-state index in [9.17, 15) is 4.79 Å². The lowest BCUT2D eigenvalue weighted by Crippen LogP contribution is -2.81.